The van der Waals surface area contributed by atoms with Gasteiger partial charge in [0.25, 0.3) is 0 Å². The van der Waals surface area contributed by atoms with E-state index >= 15 is 0 Å². The third-order valence-corrected chi connectivity index (χ3v) is 2.46. The van der Waals surface area contributed by atoms with Gasteiger partial charge in [-0.15, -0.1) is 0 Å². The normalized spacial score (nSPS) is 12.9. The van der Waals surface area contributed by atoms with Crippen molar-refractivity contribution in [3.8, 4) is 0 Å². The van der Waals surface area contributed by atoms with Gasteiger partial charge in [0.15, 0.2) is 0 Å². The number of amides is 1. The van der Waals surface area contributed by atoms with Gasteiger partial charge in [-0.1, -0.05) is 6.92 Å². The van der Waals surface area contributed by atoms with E-state index in [1.807, 2.05) is 0 Å². The van der Waals surface area contributed by atoms with Crippen molar-refractivity contribution >= 4 is 11.9 Å². The van der Waals surface area contributed by atoms with Crippen LogP contribution in [0.1, 0.15) is 19.8 Å². The number of ether oxygens (including phenoxy) is 1. The van der Waals surface area contributed by atoms with Crippen LogP contribution in [-0.4, -0.2) is 49.7 Å². The molecule has 0 bridgehead atoms. The molecule has 0 aliphatic heterocycles. The van der Waals surface area contributed by atoms with Crippen LogP contribution in [0, 0.1) is 5.92 Å². The van der Waals surface area contributed by atoms with Crippen LogP contribution < -0.4 is 5.73 Å². The second kappa shape index (κ2) is 7.98. The predicted octanol–water partition coefficient (Wildman–Crippen LogP) is 0.925. The van der Waals surface area contributed by atoms with Crippen molar-refractivity contribution < 1.29 is 27.5 Å². The Bertz CT molecular complexity index is 308. The van der Waals surface area contributed by atoms with Crippen molar-refractivity contribution in [3.05, 3.63) is 0 Å². The highest BCUT2D eigenvalue weighted by atomic mass is 19.4. The summed E-state index contributed by atoms with van der Waals surface area (Å²) >= 11 is 0. The fourth-order valence-corrected chi connectivity index (χ4v) is 1.35. The van der Waals surface area contributed by atoms with E-state index in [1.54, 1.807) is 6.92 Å². The Morgan fingerprint density at radius 3 is 2.37 bits per heavy atom. The van der Waals surface area contributed by atoms with Crippen molar-refractivity contribution in [2.75, 3.05) is 26.7 Å². The van der Waals surface area contributed by atoms with E-state index in [0.717, 1.165) is 7.11 Å². The first kappa shape index (κ1) is 17.7. The number of hydrogen-bond acceptors (Lipinski definition) is 4. The first-order chi connectivity index (χ1) is 8.69. The molecule has 5 nitrogen and oxygen atoms in total. The van der Waals surface area contributed by atoms with Gasteiger partial charge in [-0.3, -0.25) is 9.59 Å². The largest absolute Gasteiger partial charge is 0.469 e. The standard InChI is InChI=1S/C11H19F3N2O3/c1-8(6-15)5-9(17)16(7-11(12,13)14)4-3-10(18)19-2/h8H,3-7,15H2,1-2H3. The number of esters is 1. The van der Waals surface area contributed by atoms with Gasteiger partial charge < -0.3 is 15.4 Å². The van der Waals surface area contributed by atoms with Crippen LogP contribution in [-0.2, 0) is 14.3 Å². The van der Waals surface area contributed by atoms with Crippen LogP contribution in [0.15, 0.2) is 0 Å². The van der Waals surface area contributed by atoms with Crippen molar-refractivity contribution in [1.82, 2.24) is 4.90 Å². The molecule has 112 valence electrons. The molecule has 0 radical (unpaired) electrons. The summed E-state index contributed by atoms with van der Waals surface area (Å²) in [4.78, 5) is 23.2. The number of nitrogens with zero attached hydrogens (tertiary/aromatic N) is 1. The van der Waals surface area contributed by atoms with Gasteiger partial charge in [0.2, 0.25) is 5.91 Å². The lowest BCUT2D eigenvalue weighted by molar-refractivity contribution is -0.163. The quantitative estimate of drug-likeness (QED) is 0.706. The topological polar surface area (TPSA) is 72.6 Å². The van der Waals surface area contributed by atoms with Crippen LogP contribution in [0.4, 0.5) is 13.2 Å². The Balaban J connectivity index is 4.56. The second-order valence-corrected chi connectivity index (χ2v) is 4.30. The molecule has 0 fully saturated rings. The van der Waals surface area contributed by atoms with Gasteiger partial charge in [-0.05, 0) is 12.5 Å². The molecule has 0 rings (SSSR count). The molecule has 19 heavy (non-hydrogen) atoms. The maximum absolute atomic E-state index is 12.4. The van der Waals surface area contributed by atoms with Crippen LogP contribution >= 0.6 is 0 Å². The second-order valence-electron chi connectivity index (χ2n) is 4.30. The van der Waals surface area contributed by atoms with Gasteiger partial charge >= 0.3 is 12.1 Å². The van der Waals surface area contributed by atoms with E-state index in [9.17, 15) is 22.8 Å². The maximum Gasteiger partial charge on any atom is 0.406 e. The number of nitrogens with two attached hydrogens (primary N) is 1. The highest BCUT2D eigenvalue weighted by molar-refractivity contribution is 5.77. The van der Waals surface area contributed by atoms with Crippen molar-refractivity contribution in [3.63, 3.8) is 0 Å². The molecular weight excluding hydrogens is 265 g/mol. The molecule has 0 saturated carbocycles. The number of hydrogen-bond donors (Lipinski definition) is 1. The molecule has 2 N–H and O–H groups in total. The first-order valence-electron chi connectivity index (χ1n) is 5.81. The minimum absolute atomic E-state index is 0.0756. The summed E-state index contributed by atoms with van der Waals surface area (Å²) in [5, 5.41) is 0. The summed E-state index contributed by atoms with van der Waals surface area (Å²) < 4.78 is 41.4. The number of methoxy groups -OCH3 is 1. The molecule has 0 spiro atoms. The minimum Gasteiger partial charge on any atom is -0.469 e. The van der Waals surface area contributed by atoms with Gasteiger partial charge in [-0.25, -0.2) is 0 Å². The molecule has 8 heteroatoms. The Morgan fingerprint density at radius 2 is 1.95 bits per heavy atom. The van der Waals surface area contributed by atoms with Crippen molar-refractivity contribution in [2.24, 2.45) is 11.7 Å². The number of rotatable bonds is 7. The van der Waals surface area contributed by atoms with E-state index in [0.29, 0.717) is 4.90 Å². The van der Waals surface area contributed by atoms with Gasteiger partial charge in [0.05, 0.1) is 13.5 Å². The fraction of sp³-hybridized carbons (Fsp3) is 0.818. The highest BCUT2D eigenvalue weighted by Crippen LogP contribution is 2.18. The van der Waals surface area contributed by atoms with E-state index in [1.165, 1.54) is 0 Å². The fourth-order valence-electron chi connectivity index (χ4n) is 1.35. The molecule has 0 aromatic carbocycles. The summed E-state index contributed by atoms with van der Waals surface area (Å²) in [6.45, 7) is 0.189. The van der Waals surface area contributed by atoms with Crippen LogP contribution in [0.2, 0.25) is 0 Å². The Morgan fingerprint density at radius 1 is 1.37 bits per heavy atom. The summed E-state index contributed by atoms with van der Waals surface area (Å²) in [6.07, 6.45) is -4.85. The summed E-state index contributed by atoms with van der Waals surface area (Å²) in [5.41, 5.74) is 5.32. The van der Waals surface area contributed by atoms with Crippen molar-refractivity contribution in [1.29, 1.82) is 0 Å². The third kappa shape index (κ3) is 8.41. The summed E-state index contributed by atoms with van der Waals surface area (Å²) in [5.74, 6) is -1.53. The highest BCUT2D eigenvalue weighted by Gasteiger charge is 2.33. The molecule has 0 aliphatic carbocycles. The van der Waals surface area contributed by atoms with Gasteiger partial charge in [0.1, 0.15) is 6.54 Å². The number of carbonyl (C=O) groups excluding carboxylic acids is 2. The van der Waals surface area contributed by atoms with Crippen molar-refractivity contribution in [2.45, 2.75) is 25.9 Å². The van der Waals surface area contributed by atoms with Crippen LogP contribution in [0.5, 0.6) is 0 Å². The molecular formula is C11H19F3N2O3. The molecule has 1 atom stereocenters. The van der Waals surface area contributed by atoms with Crippen LogP contribution in [0.25, 0.3) is 0 Å². The molecule has 0 aromatic rings. The Kier molecular flexibility index (Phi) is 7.43. The minimum atomic E-state index is -4.50. The molecule has 1 unspecified atom stereocenters. The van der Waals surface area contributed by atoms with Gasteiger partial charge in [0, 0.05) is 13.0 Å². The van der Waals surface area contributed by atoms with E-state index in [4.69, 9.17) is 5.73 Å². The number of carbonyl (C=O) groups is 2. The maximum atomic E-state index is 12.4. The lowest BCUT2D eigenvalue weighted by Crippen LogP contribution is -2.41. The number of alkyl halides is 3. The Hall–Kier alpha value is -1.31. The zero-order valence-corrected chi connectivity index (χ0v) is 11.0. The van der Waals surface area contributed by atoms with E-state index in [2.05, 4.69) is 4.74 Å². The third-order valence-electron chi connectivity index (χ3n) is 2.46. The monoisotopic (exact) mass is 284 g/mol. The summed E-state index contributed by atoms with van der Waals surface area (Å²) in [6, 6.07) is 0. The first-order valence-corrected chi connectivity index (χ1v) is 5.81. The predicted molar refractivity (Wildman–Crippen MR) is 62.1 cm³/mol. The summed E-state index contributed by atoms with van der Waals surface area (Å²) in [7, 11) is 1.13. The smallest absolute Gasteiger partial charge is 0.406 e. The lowest BCUT2D eigenvalue weighted by atomic mass is 10.1. The molecule has 1 amide bonds. The zero-order valence-electron chi connectivity index (χ0n) is 11.0. The Labute approximate surface area is 109 Å². The molecule has 0 aromatic heterocycles. The van der Waals surface area contributed by atoms with E-state index < -0.39 is 24.6 Å². The lowest BCUT2D eigenvalue weighted by Gasteiger charge is -2.24. The van der Waals surface area contributed by atoms with Gasteiger partial charge in [-0.2, -0.15) is 13.2 Å². The average molecular weight is 284 g/mol. The van der Waals surface area contributed by atoms with E-state index in [-0.39, 0.29) is 31.8 Å². The zero-order chi connectivity index (χ0) is 15.1. The molecule has 0 aliphatic rings. The average Bonchev–Trinajstić information content (AvgIpc) is 2.32. The molecule has 0 saturated heterocycles. The molecule has 0 heterocycles. The van der Waals surface area contributed by atoms with Crippen LogP contribution in [0.3, 0.4) is 0 Å². The SMILES string of the molecule is COC(=O)CCN(CC(F)(F)F)C(=O)CC(C)CN. The number of halogens is 3.